The summed E-state index contributed by atoms with van der Waals surface area (Å²) in [6.07, 6.45) is 10.8. The van der Waals surface area contributed by atoms with Crippen LogP contribution in [0.25, 0.3) is 0 Å². The van der Waals surface area contributed by atoms with Crippen LogP contribution in [-0.2, 0) is 6.42 Å². The van der Waals surface area contributed by atoms with Gasteiger partial charge in [-0.05, 0) is 45.4 Å². The Bertz CT molecular complexity index is 501. The van der Waals surface area contributed by atoms with Gasteiger partial charge in [0.25, 0.3) is 5.91 Å². The largest absolute Gasteiger partial charge is 0.332 e. The van der Waals surface area contributed by atoms with Gasteiger partial charge in [-0.15, -0.1) is 11.3 Å². The first-order chi connectivity index (χ1) is 10.2. The lowest BCUT2D eigenvalue weighted by Crippen LogP contribution is -2.43. The number of rotatable bonds is 5. The van der Waals surface area contributed by atoms with Gasteiger partial charge < -0.3 is 4.90 Å². The van der Waals surface area contributed by atoms with E-state index < -0.39 is 0 Å². The van der Waals surface area contributed by atoms with Crippen molar-refractivity contribution >= 4 is 17.2 Å². The Labute approximate surface area is 131 Å². The van der Waals surface area contributed by atoms with Crippen LogP contribution in [0.3, 0.4) is 0 Å². The summed E-state index contributed by atoms with van der Waals surface area (Å²) < 4.78 is 0. The number of thiazole rings is 1. The molecule has 0 atom stereocenters. The fraction of sp³-hybridized carbons (Fsp3) is 0.765. The van der Waals surface area contributed by atoms with Crippen LogP contribution in [-0.4, -0.2) is 27.9 Å². The van der Waals surface area contributed by atoms with Crippen molar-refractivity contribution < 1.29 is 4.79 Å². The van der Waals surface area contributed by atoms with Gasteiger partial charge in [0.2, 0.25) is 0 Å². The maximum Gasteiger partial charge on any atom is 0.266 e. The average molecular weight is 306 g/mol. The molecule has 116 valence electrons. The molecule has 3 rings (SSSR count). The molecule has 0 N–H and O–H groups in total. The summed E-state index contributed by atoms with van der Waals surface area (Å²) in [6, 6.07) is 0.992. The summed E-state index contributed by atoms with van der Waals surface area (Å²) in [6.45, 7) is 4.16. The van der Waals surface area contributed by atoms with Crippen LogP contribution in [0.5, 0.6) is 0 Å². The van der Waals surface area contributed by atoms with E-state index in [9.17, 15) is 4.79 Å². The summed E-state index contributed by atoms with van der Waals surface area (Å²) in [4.78, 5) is 20.8. The van der Waals surface area contributed by atoms with Crippen molar-refractivity contribution in [3.05, 3.63) is 15.6 Å². The summed E-state index contributed by atoms with van der Waals surface area (Å²) in [5.74, 6) is 0.266. The predicted octanol–water partition coefficient (Wildman–Crippen LogP) is 4.34. The van der Waals surface area contributed by atoms with Crippen molar-refractivity contribution in [3.63, 3.8) is 0 Å². The highest BCUT2D eigenvalue weighted by Gasteiger charge is 2.39. The number of nitrogens with zero attached hydrogens (tertiary/aromatic N) is 2. The lowest BCUT2D eigenvalue weighted by molar-refractivity contribution is 0.0618. The molecule has 1 aromatic heterocycles. The number of carbonyl (C=O) groups is 1. The van der Waals surface area contributed by atoms with Gasteiger partial charge in [0, 0.05) is 12.1 Å². The minimum absolute atomic E-state index is 0.266. The summed E-state index contributed by atoms with van der Waals surface area (Å²) in [7, 11) is 0. The molecule has 1 heterocycles. The van der Waals surface area contributed by atoms with Crippen molar-refractivity contribution in [2.45, 2.75) is 83.7 Å². The van der Waals surface area contributed by atoms with Crippen LogP contribution in [0.1, 0.15) is 78.7 Å². The van der Waals surface area contributed by atoms with E-state index >= 15 is 0 Å². The molecular weight excluding hydrogens is 280 g/mol. The van der Waals surface area contributed by atoms with E-state index in [1.54, 1.807) is 11.3 Å². The Morgan fingerprint density at radius 3 is 2.48 bits per heavy atom. The number of aromatic nitrogens is 1. The topological polar surface area (TPSA) is 33.2 Å². The minimum Gasteiger partial charge on any atom is -0.332 e. The standard InChI is InChI=1S/C17H26N2OS/c1-3-7-15-18-12(2)16(21-15)17(20)19(14-10-11-14)13-8-5-4-6-9-13/h13-14H,3-11H2,1-2H3. The Morgan fingerprint density at radius 1 is 1.19 bits per heavy atom. The van der Waals surface area contributed by atoms with Crippen molar-refractivity contribution in [1.29, 1.82) is 0 Å². The Hall–Kier alpha value is -0.900. The fourth-order valence-electron chi connectivity index (χ4n) is 3.43. The molecular formula is C17H26N2OS. The van der Waals surface area contributed by atoms with Crippen LogP contribution in [0.15, 0.2) is 0 Å². The second kappa shape index (κ2) is 6.47. The number of hydrogen-bond donors (Lipinski definition) is 0. The lowest BCUT2D eigenvalue weighted by Gasteiger charge is -2.34. The van der Waals surface area contributed by atoms with Crippen LogP contribution in [0.4, 0.5) is 0 Å². The minimum atomic E-state index is 0.266. The summed E-state index contributed by atoms with van der Waals surface area (Å²) in [5.41, 5.74) is 0.940. The Morgan fingerprint density at radius 2 is 1.86 bits per heavy atom. The Kier molecular flexibility index (Phi) is 4.63. The second-order valence-corrected chi connectivity index (χ2v) is 7.59. The van der Waals surface area contributed by atoms with Gasteiger partial charge in [-0.3, -0.25) is 4.79 Å². The molecule has 0 unspecified atom stereocenters. The zero-order valence-electron chi connectivity index (χ0n) is 13.2. The maximum atomic E-state index is 13.1. The molecule has 0 saturated heterocycles. The lowest BCUT2D eigenvalue weighted by atomic mass is 9.94. The van der Waals surface area contributed by atoms with Gasteiger partial charge in [0.05, 0.1) is 10.7 Å². The molecule has 0 radical (unpaired) electrons. The van der Waals surface area contributed by atoms with Crippen LogP contribution < -0.4 is 0 Å². The molecule has 0 bridgehead atoms. The third-order valence-electron chi connectivity index (χ3n) is 4.64. The molecule has 0 aliphatic heterocycles. The Balaban J connectivity index is 1.80. The highest BCUT2D eigenvalue weighted by atomic mass is 32.1. The third kappa shape index (κ3) is 3.31. The molecule has 1 amide bonds. The fourth-order valence-corrected chi connectivity index (χ4v) is 4.54. The highest BCUT2D eigenvalue weighted by molar-refractivity contribution is 7.13. The molecule has 2 aliphatic rings. The van der Waals surface area contributed by atoms with Gasteiger partial charge in [0.15, 0.2) is 0 Å². The third-order valence-corrected chi connectivity index (χ3v) is 5.85. The van der Waals surface area contributed by atoms with Crippen molar-refractivity contribution in [1.82, 2.24) is 9.88 Å². The molecule has 21 heavy (non-hydrogen) atoms. The van der Waals surface area contributed by atoms with E-state index in [0.29, 0.717) is 12.1 Å². The first-order valence-corrected chi connectivity index (χ1v) is 9.31. The van der Waals surface area contributed by atoms with E-state index in [2.05, 4.69) is 16.8 Å². The number of aryl methyl sites for hydroxylation is 2. The highest BCUT2D eigenvalue weighted by Crippen LogP contribution is 2.36. The molecule has 1 aromatic rings. The van der Waals surface area contributed by atoms with Gasteiger partial charge in [-0.1, -0.05) is 26.2 Å². The van der Waals surface area contributed by atoms with E-state index in [0.717, 1.165) is 28.4 Å². The van der Waals surface area contributed by atoms with Crippen LogP contribution in [0, 0.1) is 6.92 Å². The predicted molar refractivity (Wildman–Crippen MR) is 86.9 cm³/mol. The molecule has 3 nitrogen and oxygen atoms in total. The maximum absolute atomic E-state index is 13.1. The molecule has 2 fully saturated rings. The number of hydrogen-bond acceptors (Lipinski definition) is 3. The number of carbonyl (C=O) groups excluding carboxylic acids is 1. The quantitative estimate of drug-likeness (QED) is 0.810. The number of amides is 1. The summed E-state index contributed by atoms with van der Waals surface area (Å²) >= 11 is 1.63. The van der Waals surface area contributed by atoms with Gasteiger partial charge >= 0.3 is 0 Å². The van der Waals surface area contributed by atoms with Gasteiger partial charge in [0.1, 0.15) is 4.88 Å². The second-order valence-electron chi connectivity index (χ2n) is 6.51. The first-order valence-electron chi connectivity index (χ1n) is 8.49. The van der Waals surface area contributed by atoms with Crippen LogP contribution in [0.2, 0.25) is 0 Å². The zero-order chi connectivity index (χ0) is 14.8. The SMILES string of the molecule is CCCc1nc(C)c(C(=O)N(C2CCCCC2)C2CC2)s1. The van der Waals surface area contributed by atoms with Crippen LogP contribution >= 0.6 is 11.3 Å². The molecule has 2 aliphatic carbocycles. The van der Waals surface area contributed by atoms with Gasteiger partial charge in [-0.25, -0.2) is 4.98 Å². The normalized spacial score (nSPS) is 19.7. The van der Waals surface area contributed by atoms with Crippen molar-refractivity contribution in [2.24, 2.45) is 0 Å². The summed E-state index contributed by atoms with van der Waals surface area (Å²) in [5, 5.41) is 1.12. The van der Waals surface area contributed by atoms with Crippen molar-refractivity contribution in [2.75, 3.05) is 0 Å². The molecule has 0 spiro atoms. The monoisotopic (exact) mass is 306 g/mol. The first kappa shape index (κ1) is 15.0. The zero-order valence-corrected chi connectivity index (χ0v) is 14.0. The molecule has 0 aromatic carbocycles. The molecule has 2 saturated carbocycles. The average Bonchev–Trinajstić information content (AvgIpc) is 3.24. The van der Waals surface area contributed by atoms with Crippen molar-refractivity contribution in [3.8, 4) is 0 Å². The van der Waals surface area contributed by atoms with Gasteiger partial charge in [-0.2, -0.15) is 0 Å². The van der Waals surface area contributed by atoms with E-state index in [1.165, 1.54) is 44.9 Å². The smallest absolute Gasteiger partial charge is 0.266 e. The van der Waals surface area contributed by atoms with E-state index in [1.807, 2.05) is 6.92 Å². The molecule has 4 heteroatoms. The van der Waals surface area contributed by atoms with E-state index in [-0.39, 0.29) is 5.91 Å². The van der Waals surface area contributed by atoms with E-state index in [4.69, 9.17) is 0 Å².